The predicted octanol–water partition coefficient (Wildman–Crippen LogP) is 0.853. The summed E-state index contributed by atoms with van der Waals surface area (Å²) in [4.78, 5) is 0. The summed E-state index contributed by atoms with van der Waals surface area (Å²) >= 11 is 0. The van der Waals surface area contributed by atoms with E-state index in [1.807, 2.05) is 30.3 Å². The summed E-state index contributed by atoms with van der Waals surface area (Å²) in [5.74, 6) is 0. The van der Waals surface area contributed by atoms with Crippen molar-refractivity contribution in [2.45, 2.75) is 12.5 Å². The van der Waals surface area contributed by atoms with Crippen LogP contribution in [-0.2, 0) is 5.60 Å². The summed E-state index contributed by atoms with van der Waals surface area (Å²) in [5.41, 5.74) is 5.36. The molecule has 0 aliphatic carbocycles. The molecular formula is C9H13NO. The van der Waals surface area contributed by atoms with E-state index in [1.54, 1.807) is 6.92 Å². The molecule has 1 aromatic rings. The van der Waals surface area contributed by atoms with Gasteiger partial charge in [-0.15, -0.1) is 0 Å². The molecule has 0 amide bonds. The van der Waals surface area contributed by atoms with Gasteiger partial charge >= 0.3 is 0 Å². The third kappa shape index (κ3) is 1.79. The van der Waals surface area contributed by atoms with Gasteiger partial charge in [0.1, 0.15) is 0 Å². The van der Waals surface area contributed by atoms with Crippen LogP contribution in [0.5, 0.6) is 0 Å². The molecule has 2 nitrogen and oxygen atoms in total. The zero-order valence-corrected chi connectivity index (χ0v) is 6.62. The van der Waals surface area contributed by atoms with Crippen molar-refractivity contribution in [2.24, 2.45) is 5.73 Å². The fraction of sp³-hybridized carbons (Fsp3) is 0.333. The highest BCUT2D eigenvalue weighted by molar-refractivity contribution is 5.21. The summed E-state index contributed by atoms with van der Waals surface area (Å²) in [6, 6.07) is 9.43. The van der Waals surface area contributed by atoms with Crippen LogP contribution in [0.2, 0.25) is 0 Å². The van der Waals surface area contributed by atoms with E-state index in [9.17, 15) is 5.11 Å². The van der Waals surface area contributed by atoms with Crippen LogP contribution >= 0.6 is 0 Å². The van der Waals surface area contributed by atoms with Gasteiger partial charge in [0.25, 0.3) is 0 Å². The van der Waals surface area contributed by atoms with Crippen LogP contribution in [-0.4, -0.2) is 11.7 Å². The fourth-order valence-corrected chi connectivity index (χ4v) is 0.915. The van der Waals surface area contributed by atoms with Crippen LogP contribution in [0.3, 0.4) is 0 Å². The molecule has 0 spiro atoms. The number of nitrogens with two attached hydrogens (primary N) is 1. The minimum absolute atomic E-state index is 0.247. The second-order valence-electron chi connectivity index (χ2n) is 2.84. The van der Waals surface area contributed by atoms with Crippen molar-refractivity contribution in [3.8, 4) is 0 Å². The van der Waals surface area contributed by atoms with Gasteiger partial charge in [-0.3, -0.25) is 0 Å². The van der Waals surface area contributed by atoms with E-state index < -0.39 is 5.60 Å². The highest BCUT2D eigenvalue weighted by Gasteiger charge is 2.19. The Morgan fingerprint density at radius 1 is 1.36 bits per heavy atom. The first kappa shape index (κ1) is 8.24. The zero-order chi connectivity index (χ0) is 8.32. The molecule has 2 heteroatoms. The first-order valence-electron chi connectivity index (χ1n) is 3.65. The quantitative estimate of drug-likeness (QED) is 0.658. The highest BCUT2D eigenvalue weighted by atomic mass is 16.3. The largest absolute Gasteiger partial charge is 0.384 e. The van der Waals surface area contributed by atoms with E-state index in [0.717, 1.165) is 5.56 Å². The molecule has 0 unspecified atom stereocenters. The van der Waals surface area contributed by atoms with Gasteiger partial charge in [-0.05, 0) is 12.5 Å². The van der Waals surface area contributed by atoms with Gasteiger partial charge in [-0.1, -0.05) is 30.3 Å². The van der Waals surface area contributed by atoms with Gasteiger partial charge in [0.05, 0.1) is 5.60 Å². The summed E-state index contributed by atoms with van der Waals surface area (Å²) < 4.78 is 0. The SMILES string of the molecule is C[C@@](O)(CN)c1ccccc1. The Balaban J connectivity index is 2.93. The van der Waals surface area contributed by atoms with Gasteiger partial charge < -0.3 is 10.8 Å². The number of rotatable bonds is 2. The second-order valence-corrected chi connectivity index (χ2v) is 2.84. The molecule has 11 heavy (non-hydrogen) atoms. The van der Waals surface area contributed by atoms with E-state index in [4.69, 9.17) is 5.73 Å². The van der Waals surface area contributed by atoms with E-state index in [-0.39, 0.29) is 6.54 Å². The van der Waals surface area contributed by atoms with Crippen molar-refractivity contribution in [1.82, 2.24) is 0 Å². The van der Waals surface area contributed by atoms with Crippen LogP contribution < -0.4 is 5.73 Å². The zero-order valence-electron chi connectivity index (χ0n) is 6.62. The maximum absolute atomic E-state index is 9.67. The molecule has 1 rings (SSSR count). The number of hydrogen-bond acceptors (Lipinski definition) is 2. The van der Waals surface area contributed by atoms with Crippen molar-refractivity contribution < 1.29 is 5.11 Å². The van der Waals surface area contributed by atoms with Crippen LogP contribution in [0.4, 0.5) is 0 Å². The molecule has 0 aliphatic rings. The maximum Gasteiger partial charge on any atom is 0.0990 e. The molecule has 0 saturated heterocycles. The van der Waals surface area contributed by atoms with Gasteiger partial charge in [0, 0.05) is 6.54 Å². The fourth-order valence-electron chi connectivity index (χ4n) is 0.915. The summed E-state index contributed by atoms with van der Waals surface area (Å²) in [7, 11) is 0. The molecular weight excluding hydrogens is 138 g/mol. The average molecular weight is 151 g/mol. The van der Waals surface area contributed by atoms with Crippen molar-refractivity contribution in [3.63, 3.8) is 0 Å². The third-order valence-electron chi connectivity index (χ3n) is 1.79. The molecule has 1 atom stereocenters. The monoisotopic (exact) mass is 151 g/mol. The first-order chi connectivity index (χ1) is 5.17. The molecule has 0 fully saturated rings. The van der Waals surface area contributed by atoms with Crippen LogP contribution in [0.25, 0.3) is 0 Å². The van der Waals surface area contributed by atoms with Gasteiger partial charge in [-0.25, -0.2) is 0 Å². The van der Waals surface area contributed by atoms with E-state index in [0.29, 0.717) is 0 Å². The summed E-state index contributed by atoms with van der Waals surface area (Å²) in [6.45, 7) is 1.96. The maximum atomic E-state index is 9.67. The van der Waals surface area contributed by atoms with Gasteiger partial charge in [0.2, 0.25) is 0 Å². The molecule has 0 bridgehead atoms. The Hall–Kier alpha value is -0.860. The van der Waals surface area contributed by atoms with Crippen molar-refractivity contribution in [2.75, 3.05) is 6.54 Å². The lowest BCUT2D eigenvalue weighted by Gasteiger charge is -2.20. The summed E-state index contributed by atoms with van der Waals surface area (Å²) in [6.07, 6.45) is 0. The Bertz CT molecular complexity index is 218. The molecule has 60 valence electrons. The number of hydrogen-bond donors (Lipinski definition) is 2. The molecule has 0 aromatic heterocycles. The smallest absolute Gasteiger partial charge is 0.0990 e. The predicted molar refractivity (Wildman–Crippen MR) is 45.1 cm³/mol. The van der Waals surface area contributed by atoms with E-state index in [1.165, 1.54) is 0 Å². The van der Waals surface area contributed by atoms with E-state index >= 15 is 0 Å². The number of aliphatic hydroxyl groups is 1. The van der Waals surface area contributed by atoms with E-state index in [2.05, 4.69) is 0 Å². The second kappa shape index (κ2) is 3.03. The average Bonchev–Trinajstić information content (AvgIpc) is 2.06. The topological polar surface area (TPSA) is 46.2 Å². The minimum Gasteiger partial charge on any atom is -0.384 e. The molecule has 3 N–H and O–H groups in total. The highest BCUT2D eigenvalue weighted by Crippen LogP contribution is 2.17. The molecule has 0 aliphatic heterocycles. The standard InChI is InChI=1S/C9H13NO/c1-9(11,7-10)8-5-3-2-4-6-8/h2-6,11H,7,10H2,1H3/t9-/m1/s1. The van der Waals surface area contributed by atoms with Crippen LogP contribution in [0, 0.1) is 0 Å². The van der Waals surface area contributed by atoms with Gasteiger partial charge in [-0.2, -0.15) is 0 Å². The lowest BCUT2D eigenvalue weighted by Crippen LogP contribution is -2.31. The van der Waals surface area contributed by atoms with Crippen LogP contribution in [0.1, 0.15) is 12.5 Å². The molecule has 0 heterocycles. The lowest BCUT2D eigenvalue weighted by atomic mass is 9.97. The van der Waals surface area contributed by atoms with Crippen molar-refractivity contribution >= 4 is 0 Å². The van der Waals surface area contributed by atoms with Crippen LogP contribution in [0.15, 0.2) is 30.3 Å². The molecule has 1 aromatic carbocycles. The molecule has 0 radical (unpaired) electrons. The number of benzene rings is 1. The Labute approximate surface area is 66.7 Å². The first-order valence-corrected chi connectivity index (χ1v) is 3.65. The lowest BCUT2D eigenvalue weighted by molar-refractivity contribution is 0.0668. The third-order valence-corrected chi connectivity index (χ3v) is 1.79. The normalized spacial score (nSPS) is 15.9. The molecule has 0 saturated carbocycles. The van der Waals surface area contributed by atoms with Crippen molar-refractivity contribution in [3.05, 3.63) is 35.9 Å². The Kier molecular flexibility index (Phi) is 2.27. The van der Waals surface area contributed by atoms with Crippen molar-refractivity contribution in [1.29, 1.82) is 0 Å². The Morgan fingerprint density at radius 3 is 2.36 bits per heavy atom. The summed E-state index contributed by atoms with van der Waals surface area (Å²) in [5, 5.41) is 9.67. The van der Waals surface area contributed by atoms with Gasteiger partial charge in [0.15, 0.2) is 0 Å². The minimum atomic E-state index is -0.888. The Morgan fingerprint density at radius 2 is 1.91 bits per heavy atom.